The third-order valence-electron chi connectivity index (χ3n) is 6.12. The summed E-state index contributed by atoms with van der Waals surface area (Å²) in [5.41, 5.74) is 2.93. The summed E-state index contributed by atoms with van der Waals surface area (Å²) in [6, 6.07) is 14.6. The fourth-order valence-corrected chi connectivity index (χ4v) is 4.06. The van der Waals surface area contributed by atoms with E-state index < -0.39 is 0 Å². The number of carbonyl (C=O) groups is 1. The van der Waals surface area contributed by atoms with E-state index in [1.54, 1.807) is 12.1 Å². The second-order valence-corrected chi connectivity index (χ2v) is 9.68. The normalized spacial score (nSPS) is 11.3. The lowest BCUT2D eigenvalue weighted by Crippen LogP contribution is -3.00. The molecule has 0 fully saturated rings. The number of halogens is 1. The van der Waals surface area contributed by atoms with Crippen LogP contribution >= 0.6 is 0 Å². The number of hydrogen-bond acceptors (Lipinski definition) is 4. The van der Waals surface area contributed by atoms with Crippen molar-refractivity contribution in [3.8, 4) is 0 Å². The number of aryl methyl sites for hydroxylation is 1. The van der Waals surface area contributed by atoms with Gasteiger partial charge in [0.15, 0.2) is 0 Å². The number of ether oxygens (including phenoxy) is 1. The quantitative estimate of drug-likeness (QED) is 0.0762. The van der Waals surface area contributed by atoms with E-state index in [1.165, 1.54) is 12.8 Å². The minimum Gasteiger partial charge on any atom is -1.00 e. The Morgan fingerprint density at radius 2 is 1.54 bits per heavy atom. The fourth-order valence-electron chi connectivity index (χ4n) is 4.06. The van der Waals surface area contributed by atoms with Crippen molar-refractivity contribution in [3.63, 3.8) is 0 Å². The van der Waals surface area contributed by atoms with Crippen molar-refractivity contribution in [3.05, 3.63) is 70.4 Å². The van der Waals surface area contributed by atoms with E-state index in [2.05, 4.69) is 25.7 Å². The predicted molar refractivity (Wildman–Crippen MR) is 137 cm³/mol. The molecule has 0 amide bonds. The molecule has 0 bridgehead atoms. The van der Waals surface area contributed by atoms with Gasteiger partial charge in [0.1, 0.15) is 5.69 Å². The summed E-state index contributed by atoms with van der Waals surface area (Å²) < 4.78 is 8.29. The molecule has 7 nitrogen and oxygen atoms in total. The first kappa shape index (κ1) is 28.8. The van der Waals surface area contributed by atoms with Crippen molar-refractivity contribution in [1.29, 1.82) is 0 Å². The summed E-state index contributed by atoms with van der Waals surface area (Å²) >= 11 is 0. The van der Waals surface area contributed by atoms with Gasteiger partial charge in [0.05, 0.1) is 38.2 Å². The summed E-state index contributed by atoms with van der Waals surface area (Å²) in [7, 11) is 6.28. The number of aromatic nitrogens is 1. The molecule has 0 saturated heterocycles. The summed E-state index contributed by atoms with van der Waals surface area (Å²) in [4.78, 5) is 22.7. The fraction of sp³-hybridized carbons (Fsp3) is 0.444. The monoisotopic (exact) mass is 593 g/mol. The first-order valence-electron chi connectivity index (χ1n) is 12.1. The van der Waals surface area contributed by atoms with Crippen LogP contribution in [0, 0.1) is 10.1 Å². The van der Waals surface area contributed by atoms with Crippen LogP contribution in [0.15, 0.2) is 54.7 Å². The molecule has 0 atom stereocenters. The van der Waals surface area contributed by atoms with Gasteiger partial charge < -0.3 is 33.3 Å². The average molecular weight is 594 g/mol. The van der Waals surface area contributed by atoms with Crippen molar-refractivity contribution < 1.29 is 38.4 Å². The number of quaternary nitrogens is 1. The molecule has 3 aromatic rings. The molecule has 0 aliphatic rings. The van der Waals surface area contributed by atoms with Crippen LogP contribution < -0.4 is 28.5 Å². The highest BCUT2D eigenvalue weighted by Gasteiger charge is 2.14. The van der Waals surface area contributed by atoms with Crippen LogP contribution in [0.4, 0.5) is 11.4 Å². The van der Waals surface area contributed by atoms with E-state index >= 15 is 0 Å². The Hall–Kier alpha value is -2.46. The van der Waals surface area contributed by atoms with Crippen LogP contribution in [0.1, 0.15) is 55.3 Å². The van der Waals surface area contributed by atoms with Crippen LogP contribution in [0.25, 0.3) is 10.9 Å². The van der Waals surface area contributed by atoms with Gasteiger partial charge in [-0.2, -0.15) is 0 Å². The summed E-state index contributed by atoms with van der Waals surface area (Å²) in [5, 5.41) is 11.8. The number of nitrogens with zero attached hydrogens (tertiary/aromatic N) is 3. The Kier molecular flexibility index (Phi) is 11.2. The smallest absolute Gasteiger partial charge is 0.338 e. The minimum absolute atomic E-state index is 0. The number of hydrogen-bond donors (Lipinski definition) is 0. The van der Waals surface area contributed by atoms with E-state index in [4.69, 9.17) is 4.74 Å². The lowest BCUT2D eigenvalue weighted by molar-refractivity contribution is -0.384. The second-order valence-electron chi connectivity index (χ2n) is 9.68. The molecule has 1 heterocycles. The summed E-state index contributed by atoms with van der Waals surface area (Å²) in [6.07, 6.45) is 9.72. The number of benzene rings is 2. The van der Waals surface area contributed by atoms with Crippen LogP contribution in [0.5, 0.6) is 0 Å². The minimum atomic E-state index is -0.355. The van der Waals surface area contributed by atoms with E-state index in [-0.39, 0.29) is 40.6 Å². The van der Waals surface area contributed by atoms with Gasteiger partial charge in [-0.05, 0) is 49.2 Å². The second kappa shape index (κ2) is 13.6. The molecule has 0 aliphatic heterocycles. The molecule has 35 heavy (non-hydrogen) atoms. The zero-order valence-electron chi connectivity index (χ0n) is 20.9. The number of unbranched alkanes of at least 4 members (excludes halogenated alkanes) is 6. The Morgan fingerprint density at radius 1 is 0.914 bits per heavy atom. The topological polar surface area (TPSA) is 74.4 Å². The number of non-ortho nitro benzene ring substituents is 1. The molecule has 0 spiro atoms. The lowest BCUT2D eigenvalue weighted by atomic mass is 10.1. The van der Waals surface area contributed by atoms with Crippen molar-refractivity contribution >= 4 is 28.2 Å². The van der Waals surface area contributed by atoms with Gasteiger partial charge >= 0.3 is 5.97 Å². The molecular formula is C27H36IN3O4. The van der Waals surface area contributed by atoms with Crippen LogP contribution in [0.3, 0.4) is 0 Å². The molecule has 0 N–H and O–H groups in total. The van der Waals surface area contributed by atoms with Gasteiger partial charge in [-0.15, -0.1) is 0 Å². The molecule has 1 aromatic heterocycles. The van der Waals surface area contributed by atoms with Crippen LogP contribution in [0.2, 0.25) is 0 Å². The van der Waals surface area contributed by atoms with Crippen molar-refractivity contribution in [2.24, 2.45) is 0 Å². The number of nitro groups is 1. The van der Waals surface area contributed by atoms with E-state index in [9.17, 15) is 14.9 Å². The highest BCUT2D eigenvalue weighted by molar-refractivity contribution is 5.89. The molecule has 190 valence electrons. The number of nitro benzene ring substituents is 1. The zero-order valence-corrected chi connectivity index (χ0v) is 23.1. The summed E-state index contributed by atoms with van der Waals surface area (Å²) in [6.45, 7) is 1.39. The Balaban J connectivity index is 0.00000432. The third-order valence-corrected chi connectivity index (χ3v) is 6.12. The SMILES string of the molecule is C[N+](C)(C)c1ccc(C(=O)OCCCCCCCCCn2ccc3cc([N+](=O)[O-])ccc32)cc1.[I-]. The number of fused-ring (bicyclic) bond motifs is 1. The number of esters is 1. The maximum atomic E-state index is 12.2. The van der Waals surface area contributed by atoms with Crippen molar-refractivity contribution in [2.75, 3.05) is 27.7 Å². The molecule has 0 saturated carbocycles. The van der Waals surface area contributed by atoms with Crippen molar-refractivity contribution in [1.82, 2.24) is 9.05 Å². The van der Waals surface area contributed by atoms with E-state index in [0.29, 0.717) is 16.7 Å². The number of carbonyl (C=O) groups excluding carboxylic acids is 1. The highest BCUT2D eigenvalue weighted by atomic mass is 127. The molecule has 0 radical (unpaired) electrons. The molecule has 0 unspecified atom stereocenters. The van der Waals surface area contributed by atoms with E-state index in [1.807, 2.05) is 42.6 Å². The van der Waals surface area contributed by atoms with Gasteiger partial charge in [-0.25, -0.2) is 4.79 Å². The largest absolute Gasteiger partial charge is 1.00 e. The molecular weight excluding hydrogens is 557 g/mol. The maximum Gasteiger partial charge on any atom is 0.338 e. The van der Waals surface area contributed by atoms with Gasteiger partial charge in [0, 0.05) is 35.8 Å². The molecule has 3 rings (SSSR count). The Bertz CT molecular complexity index is 1100. The van der Waals surface area contributed by atoms with Crippen LogP contribution in [-0.4, -0.2) is 43.2 Å². The predicted octanol–water partition coefficient (Wildman–Crippen LogP) is 3.34. The average Bonchev–Trinajstić information content (AvgIpc) is 3.21. The summed E-state index contributed by atoms with van der Waals surface area (Å²) in [5.74, 6) is -0.250. The Labute approximate surface area is 224 Å². The standard InChI is InChI=1S/C27H36N3O4.HI/c1-30(2,3)25-14-11-22(12-15-25)27(31)34-20-10-8-6-4-5-7-9-18-28-19-17-23-21-24(29(32)33)13-16-26(23)28;/h11-17,19,21H,4-10,18,20H2,1-3H3;1H/q+1;/p-1. The maximum absolute atomic E-state index is 12.2. The lowest BCUT2D eigenvalue weighted by Gasteiger charge is -2.23. The first-order chi connectivity index (χ1) is 16.3. The third kappa shape index (κ3) is 8.61. The molecule has 8 heteroatoms. The zero-order chi connectivity index (χ0) is 24.6. The van der Waals surface area contributed by atoms with Gasteiger partial charge in [0.2, 0.25) is 0 Å². The van der Waals surface area contributed by atoms with Crippen molar-refractivity contribution in [2.45, 2.75) is 51.5 Å². The highest BCUT2D eigenvalue weighted by Crippen LogP contribution is 2.22. The number of rotatable bonds is 13. The van der Waals surface area contributed by atoms with Gasteiger partial charge in [-0.3, -0.25) is 14.6 Å². The first-order valence-corrected chi connectivity index (χ1v) is 12.1. The van der Waals surface area contributed by atoms with Crippen LogP contribution in [-0.2, 0) is 11.3 Å². The molecule has 2 aromatic carbocycles. The van der Waals surface area contributed by atoms with Gasteiger partial charge in [-0.1, -0.05) is 32.1 Å². The van der Waals surface area contributed by atoms with Gasteiger partial charge in [0.25, 0.3) is 5.69 Å². The van der Waals surface area contributed by atoms with E-state index in [0.717, 1.165) is 55.2 Å². The molecule has 0 aliphatic carbocycles. The Morgan fingerprint density at radius 3 is 2.17 bits per heavy atom.